The summed E-state index contributed by atoms with van der Waals surface area (Å²) in [5.41, 5.74) is 3.20. The fourth-order valence-corrected chi connectivity index (χ4v) is 2.03. The number of para-hydroxylation sites is 1. The van der Waals surface area contributed by atoms with Crippen molar-refractivity contribution in [3.8, 4) is 5.75 Å². The zero-order chi connectivity index (χ0) is 16.0. The Bertz CT molecular complexity index is 591. The van der Waals surface area contributed by atoms with Gasteiger partial charge in [-0.15, -0.1) is 0 Å². The molecule has 0 atom stereocenters. The van der Waals surface area contributed by atoms with Crippen molar-refractivity contribution in [2.24, 2.45) is 0 Å². The largest absolute Gasteiger partial charge is 0.489 e. The van der Waals surface area contributed by atoms with E-state index in [0.717, 1.165) is 16.9 Å². The highest BCUT2D eigenvalue weighted by Gasteiger charge is 2.15. The van der Waals surface area contributed by atoms with E-state index in [4.69, 9.17) is 4.74 Å². The minimum absolute atomic E-state index is 0.0966. The molecule has 2 rings (SSSR count). The van der Waals surface area contributed by atoms with Gasteiger partial charge in [-0.1, -0.05) is 48.0 Å². The molecule has 0 spiro atoms. The average molecular weight is 299 g/mol. The Morgan fingerprint density at radius 3 is 2.41 bits per heavy atom. The first-order valence-electron chi connectivity index (χ1n) is 7.62. The van der Waals surface area contributed by atoms with Crippen molar-refractivity contribution < 1.29 is 9.84 Å². The molecule has 0 saturated carbocycles. The molecule has 2 N–H and O–H groups in total. The van der Waals surface area contributed by atoms with Gasteiger partial charge in [0, 0.05) is 17.6 Å². The van der Waals surface area contributed by atoms with E-state index in [9.17, 15) is 5.11 Å². The van der Waals surface area contributed by atoms with Crippen LogP contribution in [0.3, 0.4) is 0 Å². The zero-order valence-corrected chi connectivity index (χ0v) is 13.6. The third kappa shape index (κ3) is 4.86. The smallest absolute Gasteiger partial charge is 0.124 e. The molecule has 0 aromatic heterocycles. The fourth-order valence-electron chi connectivity index (χ4n) is 2.03. The molecule has 2 aromatic carbocycles. The van der Waals surface area contributed by atoms with Crippen LogP contribution in [0, 0.1) is 6.92 Å². The van der Waals surface area contributed by atoms with E-state index < -0.39 is 0 Å². The number of aliphatic hydroxyl groups excluding tert-OH is 1. The van der Waals surface area contributed by atoms with Gasteiger partial charge in [0.2, 0.25) is 0 Å². The molecule has 2 aromatic rings. The molecule has 0 amide bonds. The maximum absolute atomic E-state index is 9.32. The quantitative estimate of drug-likeness (QED) is 0.823. The lowest BCUT2D eigenvalue weighted by Gasteiger charge is -2.24. The van der Waals surface area contributed by atoms with Crippen molar-refractivity contribution in [1.82, 2.24) is 5.32 Å². The molecule has 0 aliphatic carbocycles. The standard InChI is InChI=1S/C19H25NO2/c1-15-8-10-16(11-9-15)13-22-18-7-5-4-6-17(18)12-20-19(2,3)14-21/h4-11,20-21H,12-14H2,1-3H3. The lowest BCUT2D eigenvalue weighted by Crippen LogP contribution is -2.42. The van der Waals surface area contributed by atoms with Gasteiger partial charge in [-0.3, -0.25) is 0 Å². The minimum Gasteiger partial charge on any atom is -0.489 e. The second-order valence-corrected chi connectivity index (χ2v) is 6.28. The molecule has 3 heteroatoms. The second kappa shape index (κ2) is 7.43. The molecular weight excluding hydrogens is 274 g/mol. The van der Waals surface area contributed by atoms with Crippen molar-refractivity contribution in [2.75, 3.05) is 6.61 Å². The van der Waals surface area contributed by atoms with Crippen LogP contribution in [-0.4, -0.2) is 17.3 Å². The van der Waals surface area contributed by atoms with Gasteiger partial charge >= 0.3 is 0 Å². The Morgan fingerprint density at radius 2 is 1.73 bits per heavy atom. The number of rotatable bonds is 7. The molecule has 0 heterocycles. The monoisotopic (exact) mass is 299 g/mol. The Morgan fingerprint density at radius 1 is 1.05 bits per heavy atom. The zero-order valence-electron chi connectivity index (χ0n) is 13.6. The normalized spacial score (nSPS) is 11.5. The van der Waals surface area contributed by atoms with Crippen molar-refractivity contribution in [2.45, 2.75) is 39.5 Å². The highest BCUT2D eigenvalue weighted by molar-refractivity contribution is 5.33. The summed E-state index contributed by atoms with van der Waals surface area (Å²) >= 11 is 0. The molecule has 0 fully saturated rings. The van der Waals surface area contributed by atoms with Crippen molar-refractivity contribution in [3.63, 3.8) is 0 Å². The molecule has 0 aliphatic heterocycles. The van der Waals surface area contributed by atoms with E-state index in [0.29, 0.717) is 13.2 Å². The number of hydrogen-bond donors (Lipinski definition) is 2. The predicted octanol–water partition coefficient (Wildman–Crippen LogP) is 3.43. The molecule has 118 valence electrons. The average Bonchev–Trinajstić information content (AvgIpc) is 2.53. The maximum atomic E-state index is 9.32. The topological polar surface area (TPSA) is 41.5 Å². The van der Waals surface area contributed by atoms with Gasteiger partial charge in [0.15, 0.2) is 0 Å². The second-order valence-electron chi connectivity index (χ2n) is 6.28. The number of aliphatic hydroxyl groups is 1. The number of nitrogens with one attached hydrogen (secondary N) is 1. The van der Waals surface area contributed by atoms with Crippen molar-refractivity contribution in [3.05, 3.63) is 65.2 Å². The van der Waals surface area contributed by atoms with Gasteiger partial charge in [-0.05, 0) is 32.4 Å². The van der Waals surface area contributed by atoms with Gasteiger partial charge in [0.05, 0.1) is 6.61 Å². The molecular formula is C19H25NO2. The number of hydrogen-bond acceptors (Lipinski definition) is 3. The van der Waals surface area contributed by atoms with Gasteiger partial charge in [0.25, 0.3) is 0 Å². The summed E-state index contributed by atoms with van der Waals surface area (Å²) in [5.74, 6) is 0.879. The van der Waals surface area contributed by atoms with Crippen LogP contribution in [-0.2, 0) is 13.2 Å². The Balaban J connectivity index is 2.00. The highest BCUT2D eigenvalue weighted by Crippen LogP contribution is 2.20. The van der Waals surface area contributed by atoms with Gasteiger partial charge in [-0.25, -0.2) is 0 Å². The van der Waals surface area contributed by atoms with Crippen LogP contribution in [0.25, 0.3) is 0 Å². The van der Waals surface area contributed by atoms with Crippen molar-refractivity contribution in [1.29, 1.82) is 0 Å². The van der Waals surface area contributed by atoms with Gasteiger partial charge < -0.3 is 15.2 Å². The van der Waals surface area contributed by atoms with Crippen LogP contribution in [0.1, 0.15) is 30.5 Å². The van der Waals surface area contributed by atoms with Gasteiger partial charge in [0.1, 0.15) is 12.4 Å². The van der Waals surface area contributed by atoms with Crippen LogP contribution >= 0.6 is 0 Å². The van der Waals surface area contributed by atoms with E-state index in [1.807, 2.05) is 38.1 Å². The third-order valence-corrected chi connectivity index (χ3v) is 3.64. The molecule has 0 saturated heterocycles. The Labute approximate surface area is 133 Å². The molecule has 22 heavy (non-hydrogen) atoms. The Hall–Kier alpha value is -1.84. The summed E-state index contributed by atoms with van der Waals surface area (Å²) < 4.78 is 5.96. The lowest BCUT2D eigenvalue weighted by molar-refractivity contribution is 0.186. The van der Waals surface area contributed by atoms with E-state index in [-0.39, 0.29) is 12.1 Å². The molecule has 0 radical (unpaired) electrons. The molecule has 0 unspecified atom stereocenters. The molecule has 0 aliphatic rings. The number of aryl methyl sites for hydroxylation is 1. The number of benzene rings is 2. The van der Waals surface area contributed by atoms with Crippen LogP contribution < -0.4 is 10.1 Å². The fraction of sp³-hybridized carbons (Fsp3) is 0.368. The summed E-state index contributed by atoms with van der Waals surface area (Å²) in [4.78, 5) is 0. The predicted molar refractivity (Wildman–Crippen MR) is 90.0 cm³/mol. The Kier molecular flexibility index (Phi) is 5.58. The first-order valence-corrected chi connectivity index (χ1v) is 7.62. The van der Waals surface area contributed by atoms with Crippen LogP contribution in [0.4, 0.5) is 0 Å². The van der Waals surface area contributed by atoms with Crippen LogP contribution in [0.2, 0.25) is 0 Å². The first kappa shape index (κ1) is 16.5. The SMILES string of the molecule is Cc1ccc(COc2ccccc2CNC(C)(C)CO)cc1. The van der Waals surface area contributed by atoms with E-state index >= 15 is 0 Å². The van der Waals surface area contributed by atoms with E-state index in [1.165, 1.54) is 5.56 Å². The third-order valence-electron chi connectivity index (χ3n) is 3.64. The first-order chi connectivity index (χ1) is 10.5. The van der Waals surface area contributed by atoms with Crippen molar-refractivity contribution >= 4 is 0 Å². The molecule has 0 bridgehead atoms. The number of ether oxygens (including phenoxy) is 1. The summed E-state index contributed by atoms with van der Waals surface area (Å²) in [7, 11) is 0. The summed E-state index contributed by atoms with van der Waals surface area (Å²) in [6, 6.07) is 16.4. The van der Waals surface area contributed by atoms with Crippen LogP contribution in [0.15, 0.2) is 48.5 Å². The molecule has 3 nitrogen and oxygen atoms in total. The summed E-state index contributed by atoms with van der Waals surface area (Å²) in [6.45, 7) is 7.35. The summed E-state index contributed by atoms with van der Waals surface area (Å²) in [5, 5.41) is 12.7. The summed E-state index contributed by atoms with van der Waals surface area (Å²) in [6.07, 6.45) is 0. The van der Waals surface area contributed by atoms with E-state index in [2.05, 4.69) is 36.5 Å². The van der Waals surface area contributed by atoms with Gasteiger partial charge in [-0.2, -0.15) is 0 Å². The van der Waals surface area contributed by atoms with E-state index in [1.54, 1.807) is 0 Å². The lowest BCUT2D eigenvalue weighted by atomic mass is 10.1. The van der Waals surface area contributed by atoms with Crippen LogP contribution in [0.5, 0.6) is 5.75 Å². The minimum atomic E-state index is -0.302. The highest BCUT2D eigenvalue weighted by atomic mass is 16.5. The maximum Gasteiger partial charge on any atom is 0.124 e.